The highest BCUT2D eigenvalue weighted by atomic mass is 19.4. The Morgan fingerprint density at radius 3 is 2.23 bits per heavy atom. The predicted octanol–water partition coefficient (Wildman–Crippen LogP) is 6.48. The molecule has 0 spiro atoms. The van der Waals surface area contributed by atoms with Gasteiger partial charge in [-0.05, 0) is 87.7 Å². The first kappa shape index (κ1) is 29.4. The highest BCUT2D eigenvalue weighted by Gasteiger charge is 2.31. The Balaban J connectivity index is 1.30. The van der Waals surface area contributed by atoms with E-state index in [2.05, 4.69) is 49.8 Å². The number of hydrogen-bond donors (Lipinski definition) is 0. The number of carbonyl (C=O) groups excluding carboxylic acids is 1. The summed E-state index contributed by atoms with van der Waals surface area (Å²) in [6, 6.07) is 9.58. The number of carbonyl (C=O) groups is 1. The molecule has 1 heterocycles. The number of benzene rings is 2. The zero-order chi connectivity index (χ0) is 28.2. The summed E-state index contributed by atoms with van der Waals surface area (Å²) in [5.74, 6) is 0.714. The maximum Gasteiger partial charge on any atom is 0.416 e. The summed E-state index contributed by atoms with van der Waals surface area (Å²) in [7, 11) is 2.21. The van der Waals surface area contributed by atoms with Crippen molar-refractivity contribution in [3.8, 4) is 5.75 Å². The first-order valence-electron chi connectivity index (χ1n) is 14.2. The summed E-state index contributed by atoms with van der Waals surface area (Å²) in [6.45, 7) is 10.5. The molecule has 1 unspecified atom stereocenters. The lowest BCUT2D eigenvalue weighted by molar-refractivity contribution is -0.137. The van der Waals surface area contributed by atoms with Crippen LogP contribution < -0.4 is 4.74 Å². The summed E-state index contributed by atoms with van der Waals surface area (Å²) in [5.41, 5.74) is 3.18. The summed E-state index contributed by atoms with van der Waals surface area (Å²) < 4.78 is 44.7. The summed E-state index contributed by atoms with van der Waals surface area (Å²) >= 11 is 0. The van der Waals surface area contributed by atoms with Gasteiger partial charge in [0.1, 0.15) is 12.4 Å². The van der Waals surface area contributed by atoms with Crippen molar-refractivity contribution >= 4 is 5.91 Å². The van der Waals surface area contributed by atoms with Crippen molar-refractivity contribution in [2.45, 2.75) is 71.1 Å². The molecule has 2 fully saturated rings. The van der Waals surface area contributed by atoms with Gasteiger partial charge in [0.15, 0.2) is 0 Å². The fourth-order valence-electron chi connectivity index (χ4n) is 5.92. The van der Waals surface area contributed by atoms with Crippen LogP contribution >= 0.6 is 0 Å². The number of amides is 1. The zero-order valence-corrected chi connectivity index (χ0v) is 23.7. The van der Waals surface area contributed by atoms with E-state index in [4.69, 9.17) is 4.74 Å². The SMILES string of the molecule is Cc1c(OCCN(C)C2CCCCC2)ccc(C(C)N2CCN(C(=O)c3ccc(C(F)(F)F)cc3)CC2)c1C. The molecule has 1 amide bonds. The van der Waals surface area contributed by atoms with Gasteiger partial charge < -0.3 is 14.5 Å². The van der Waals surface area contributed by atoms with E-state index in [1.165, 1.54) is 55.4 Å². The molecule has 2 aliphatic rings. The van der Waals surface area contributed by atoms with Gasteiger partial charge in [0, 0.05) is 50.4 Å². The van der Waals surface area contributed by atoms with Crippen molar-refractivity contribution < 1.29 is 22.7 Å². The molecule has 39 heavy (non-hydrogen) atoms. The van der Waals surface area contributed by atoms with E-state index in [1.54, 1.807) is 4.90 Å². The molecule has 4 rings (SSSR count). The van der Waals surface area contributed by atoms with Gasteiger partial charge in [-0.2, -0.15) is 13.2 Å². The second kappa shape index (κ2) is 12.7. The fraction of sp³-hybridized carbons (Fsp3) is 0.581. The Morgan fingerprint density at radius 2 is 1.62 bits per heavy atom. The van der Waals surface area contributed by atoms with Crippen molar-refractivity contribution in [1.29, 1.82) is 0 Å². The summed E-state index contributed by atoms with van der Waals surface area (Å²) in [6.07, 6.45) is 2.20. The highest BCUT2D eigenvalue weighted by molar-refractivity contribution is 5.94. The lowest BCUT2D eigenvalue weighted by atomic mass is 9.94. The van der Waals surface area contributed by atoms with E-state index in [-0.39, 0.29) is 17.5 Å². The number of likely N-dealkylation sites (N-methyl/N-ethyl adjacent to an activating group) is 1. The number of nitrogens with zero attached hydrogens (tertiary/aromatic N) is 3. The summed E-state index contributed by atoms with van der Waals surface area (Å²) in [5, 5.41) is 0. The minimum Gasteiger partial charge on any atom is -0.492 e. The number of ether oxygens (including phenoxy) is 1. The van der Waals surface area contributed by atoms with Crippen molar-refractivity contribution in [2.24, 2.45) is 0 Å². The van der Waals surface area contributed by atoms with Gasteiger partial charge >= 0.3 is 6.18 Å². The van der Waals surface area contributed by atoms with Crippen molar-refractivity contribution in [2.75, 3.05) is 46.4 Å². The average Bonchev–Trinajstić information content (AvgIpc) is 2.94. The average molecular weight is 546 g/mol. The standard InChI is InChI=1S/C31H42F3N3O2/c1-22-23(2)29(39-21-20-35(4)27-8-6-5-7-9-27)15-14-28(22)24(3)36-16-18-37(19-17-36)30(38)25-10-12-26(13-11-25)31(32,33)34/h10-15,24,27H,5-9,16-21H2,1-4H3. The van der Waals surface area contributed by atoms with Crippen LogP contribution in [0.1, 0.15) is 77.7 Å². The monoisotopic (exact) mass is 545 g/mol. The van der Waals surface area contributed by atoms with E-state index in [0.29, 0.717) is 38.8 Å². The molecule has 1 atom stereocenters. The molecule has 1 saturated heterocycles. The third-order valence-corrected chi connectivity index (χ3v) is 8.74. The predicted molar refractivity (Wildman–Crippen MR) is 148 cm³/mol. The van der Waals surface area contributed by atoms with Crippen LogP contribution in [0.5, 0.6) is 5.75 Å². The van der Waals surface area contributed by atoms with E-state index >= 15 is 0 Å². The van der Waals surface area contributed by atoms with Gasteiger partial charge in [-0.15, -0.1) is 0 Å². The first-order chi connectivity index (χ1) is 18.6. The molecule has 0 aromatic heterocycles. The van der Waals surface area contributed by atoms with Crippen LogP contribution in [0.25, 0.3) is 0 Å². The van der Waals surface area contributed by atoms with Gasteiger partial charge in [0.05, 0.1) is 5.56 Å². The molecule has 8 heteroatoms. The van der Waals surface area contributed by atoms with Crippen molar-refractivity contribution in [3.63, 3.8) is 0 Å². The lowest BCUT2D eigenvalue weighted by Crippen LogP contribution is -2.49. The second-order valence-electron chi connectivity index (χ2n) is 11.1. The van der Waals surface area contributed by atoms with Gasteiger partial charge in [0.25, 0.3) is 5.91 Å². The van der Waals surface area contributed by atoms with E-state index in [1.807, 2.05) is 0 Å². The smallest absolute Gasteiger partial charge is 0.416 e. The minimum absolute atomic E-state index is 0.179. The second-order valence-corrected chi connectivity index (χ2v) is 11.1. The number of piperazine rings is 1. The normalized spacial score (nSPS) is 18.4. The molecule has 1 saturated carbocycles. The molecule has 1 aliphatic carbocycles. The third-order valence-electron chi connectivity index (χ3n) is 8.74. The largest absolute Gasteiger partial charge is 0.492 e. The Bertz CT molecular complexity index is 1110. The molecular weight excluding hydrogens is 503 g/mol. The third kappa shape index (κ3) is 7.14. The molecule has 214 valence electrons. The molecule has 0 N–H and O–H groups in total. The Labute approximate surface area is 230 Å². The Morgan fingerprint density at radius 1 is 0.974 bits per heavy atom. The van der Waals surface area contributed by atoms with Crippen LogP contribution in [-0.4, -0.2) is 73.0 Å². The van der Waals surface area contributed by atoms with Crippen LogP contribution in [0.15, 0.2) is 36.4 Å². The van der Waals surface area contributed by atoms with Crippen LogP contribution in [0.3, 0.4) is 0 Å². The quantitative estimate of drug-likeness (QED) is 0.380. The first-order valence-corrected chi connectivity index (χ1v) is 14.2. The summed E-state index contributed by atoms with van der Waals surface area (Å²) in [4.78, 5) is 19.4. The molecule has 2 aromatic carbocycles. The fourth-order valence-corrected chi connectivity index (χ4v) is 5.92. The maximum absolute atomic E-state index is 12.9. The molecular formula is C31H42F3N3O2. The molecule has 0 radical (unpaired) electrons. The Hall–Kier alpha value is -2.58. The Kier molecular flexibility index (Phi) is 9.60. The number of rotatable bonds is 8. The van der Waals surface area contributed by atoms with E-state index in [9.17, 15) is 18.0 Å². The highest BCUT2D eigenvalue weighted by Crippen LogP contribution is 2.32. The molecule has 5 nitrogen and oxygen atoms in total. The maximum atomic E-state index is 12.9. The van der Waals surface area contributed by atoms with Crippen LogP contribution in [-0.2, 0) is 6.18 Å². The van der Waals surface area contributed by atoms with Crippen LogP contribution in [0.4, 0.5) is 13.2 Å². The minimum atomic E-state index is -4.41. The van der Waals surface area contributed by atoms with E-state index in [0.717, 1.165) is 30.0 Å². The van der Waals surface area contributed by atoms with Gasteiger partial charge in [-0.25, -0.2) is 0 Å². The van der Waals surface area contributed by atoms with Gasteiger partial charge in [-0.1, -0.05) is 25.3 Å². The van der Waals surface area contributed by atoms with Crippen LogP contribution in [0.2, 0.25) is 0 Å². The van der Waals surface area contributed by atoms with Crippen molar-refractivity contribution in [3.05, 3.63) is 64.2 Å². The lowest BCUT2D eigenvalue weighted by Gasteiger charge is -2.39. The van der Waals surface area contributed by atoms with Gasteiger partial charge in [0.2, 0.25) is 0 Å². The topological polar surface area (TPSA) is 36.0 Å². The molecule has 2 aromatic rings. The number of halogens is 3. The van der Waals surface area contributed by atoms with E-state index < -0.39 is 11.7 Å². The van der Waals surface area contributed by atoms with Crippen molar-refractivity contribution in [1.82, 2.24) is 14.7 Å². The molecule has 1 aliphatic heterocycles. The van der Waals surface area contributed by atoms with Crippen LogP contribution in [0, 0.1) is 13.8 Å². The number of alkyl halides is 3. The zero-order valence-electron chi connectivity index (χ0n) is 23.7. The molecule has 0 bridgehead atoms. The number of hydrogen-bond acceptors (Lipinski definition) is 4. The van der Waals surface area contributed by atoms with Gasteiger partial charge in [-0.3, -0.25) is 9.69 Å².